The number of nitrogens with zero attached hydrogens (tertiary/aromatic N) is 3. The van der Waals surface area contributed by atoms with E-state index >= 15 is 0 Å². The van der Waals surface area contributed by atoms with Gasteiger partial charge in [0.15, 0.2) is 0 Å². The quantitative estimate of drug-likeness (QED) is 0.917. The van der Waals surface area contributed by atoms with Crippen LogP contribution in [0, 0.1) is 5.82 Å². The molecule has 0 spiro atoms. The van der Waals surface area contributed by atoms with E-state index in [-0.39, 0.29) is 5.82 Å². The van der Waals surface area contributed by atoms with Gasteiger partial charge in [-0.3, -0.25) is 9.88 Å². The van der Waals surface area contributed by atoms with Gasteiger partial charge < -0.3 is 10.2 Å². The van der Waals surface area contributed by atoms with Crippen LogP contribution >= 0.6 is 0 Å². The summed E-state index contributed by atoms with van der Waals surface area (Å²) >= 11 is 0. The first-order chi connectivity index (χ1) is 11.3. The number of halogens is 1. The van der Waals surface area contributed by atoms with Crippen LogP contribution in [0.1, 0.15) is 0 Å². The number of hydrogen-bond donors (Lipinski definition) is 1. The monoisotopic (exact) mass is 314 g/mol. The molecule has 1 aliphatic heterocycles. The molecule has 23 heavy (non-hydrogen) atoms. The number of likely N-dealkylation sites (N-methyl/N-ethyl adjacent to an activating group) is 1. The third kappa shape index (κ3) is 3.86. The molecule has 1 saturated heterocycles. The lowest BCUT2D eigenvalue weighted by Gasteiger charge is -2.36. The summed E-state index contributed by atoms with van der Waals surface area (Å²) in [5.74, 6) is -0.218. The number of pyridine rings is 1. The van der Waals surface area contributed by atoms with Crippen LogP contribution in [-0.2, 0) is 0 Å². The molecule has 1 N–H and O–H groups in total. The first-order valence-corrected chi connectivity index (χ1v) is 8.11. The molecule has 0 aliphatic carbocycles. The summed E-state index contributed by atoms with van der Waals surface area (Å²) in [6.45, 7) is 6.20. The van der Waals surface area contributed by atoms with E-state index in [1.807, 2.05) is 13.1 Å². The van der Waals surface area contributed by atoms with Gasteiger partial charge in [0.1, 0.15) is 5.82 Å². The van der Waals surface area contributed by atoms with Crippen LogP contribution in [0.25, 0.3) is 11.3 Å². The molecule has 1 aliphatic rings. The average Bonchev–Trinajstić information content (AvgIpc) is 2.61. The summed E-state index contributed by atoms with van der Waals surface area (Å²) in [6.07, 6.45) is 1.80. The van der Waals surface area contributed by atoms with Gasteiger partial charge >= 0.3 is 0 Å². The maximum atomic E-state index is 13.2. The Kier molecular flexibility index (Phi) is 5.20. The molecule has 1 aromatic carbocycles. The van der Waals surface area contributed by atoms with Gasteiger partial charge in [-0.2, -0.15) is 0 Å². The smallest absolute Gasteiger partial charge is 0.123 e. The lowest BCUT2D eigenvalue weighted by Crippen LogP contribution is -2.48. The summed E-state index contributed by atoms with van der Waals surface area (Å²) in [5, 5.41) is 3.20. The topological polar surface area (TPSA) is 31.4 Å². The largest absolute Gasteiger partial charge is 0.367 e. The summed E-state index contributed by atoms with van der Waals surface area (Å²) in [7, 11) is 1.99. The zero-order valence-electron chi connectivity index (χ0n) is 13.5. The van der Waals surface area contributed by atoms with E-state index < -0.39 is 0 Å². The van der Waals surface area contributed by atoms with Crippen molar-refractivity contribution in [3.05, 3.63) is 48.4 Å². The van der Waals surface area contributed by atoms with Crippen LogP contribution in [-0.4, -0.2) is 56.2 Å². The third-order valence-electron chi connectivity index (χ3n) is 4.30. The zero-order chi connectivity index (χ0) is 16.1. The molecule has 1 aromatic heterocycles. The lowest BCUT2D eigenvalue weighted by atomic mass is 10.1. The zero-order valence-corrected chi connectivity index (χ0v) is 13.5. The van der Waals surface area contributed by atoms with E-state index in [9.17, 15) is 4.39 Å². The Morgan fingerprint density at radius 1 is 1.09 bits per heavy atom. The highest BCUT2D eigenvalue weighted by atomic mass is 19.1. The highest BCUT2D eigenvalue weighted by molar-refractivity contribution is 5.75. The Morgan fingerprint density at radius 2 is 1.83 bits per heavy atom. The fraction of sp³-hybridized carbons (Fsp3) is 0.389. The van der Waals surface area contributed by atoms with Crippen LogP contribution in [0.4, 0.5) is 10.1 Å². The number of nitrogens with one attached hydrogen (secondary N) is 1. The van der Waals surface area contributed by atoms with Gasteiger partial charge in [-0.1, -0.05) is 0 Å². The van der Waals surface area contributed by atoms with Crippen LogP contribution in [0.5, 0.6) is 0 Å². The highest BCUT2D eigenvalue weighted by Crippen LogP contribution is 2.29. The summed E-state index contributed by atoms with van der Waals surface area (Å²) < 4.78 is 13.2. The van der Waals surface area contributed by atoms with Crippen molar-refractivity contribution in [3.63, 3.8) is 0 Å². The maximum absolute atomic E-state index is 13.2. The fourth-order valence-corrected chi connectivity index (χ4v) is 2.96. The van der Waals surface area contributed by atoms with E-state index in [0.717, 1.165) is 56.2 Å². The predicted octanol–water partition coefficient (Wildman–Crippen LogP) is 2.23. The van der Waals surface area contributed by atoms with Crippen molar-refractivity contribution in [1.29, 1.82) is 0 Å². The normalized spacial score (nSPS) is 15.8. The van der Waals surface area contributed by atoms with Crippen LogP contribution in [0.3, 0.4) is 0 Å². The first-order valence-electron chi connectivity index (χ1n) is 8.11. The third-order valence-corrected chi connectivity index (χ3v) is 4.30. The van der Waals surface area contributed by atoms with Crippen molar-refractivity contribution < 1.29 is 4.39 Å². The first kappa shape index (κ1) is 15.9. The Morgan fingerprint density at radius 3 is 2.52 bits per heavy atom. The Balaban J connectivity index is 1.75. The molecule has 0 unspecified atom stereocenters. The van der Waals surface area contributed by atoms with Crippen molar-refractivity contribution >= 4 is 5.69 Å². The van der Waals surface area contributed by atoms with Gasteiger partial charge in [0.2, 0.25) is 0 Å². The molecule has 5 heteroatoms. The molecule has 0 bridgehead atoms. The van der Waals surface area contributed by atoms with Gasteiger partial charge in [0.05, 0.1) is 11.4 Å². The molecule has 1 fully saturated rings. The number of hydrogen-bond acceptors (Lipinski definition) is 4. The second-order valence-electron chi connectivity index (χ2n) is 5.81. The van der Waals surface area contributed by atoms with Crippen molar-refractivity contribution in [2.24, 2.45) is 0 Å². The molecule has 2 aromatic rings. The molecule has 4 nitrogen and oxygen atoms in total. The van der Waals surface area contributed by atoms with E-state index in [4.69, 9.17) is 0 Å². The predicted molar refractivity (Wildman–Crippen MR) is 92.2 cm³/mol. The number of rotatable bonds is 5. The van der Waals surface area contributed by atoms with Crippen LogP contribution in [0.2, 0.25) is 0 Å². The molecular weight excluding hydrogens is 291 g/mol. The van der Waals surface area contributed by atoms with Gasteiger partial charge in [-0.05, 0) is 43.4 Å². The van der Waals surface area contributed by atoms with Crippen molar-refractivity contribution in [3.8, 4) is 11.3 Å². The van der Waals surface area contributed by atoms with E-state index in [2.05, 4.69) is 26.2 Å². The Bertz CT molecular complexity index is 621. The van der Waals surface area contributed by atoms with Gasteiger partial charge in [0.25, 0.3) is 0 Å². The molecule has 0 atom stereocenters. The van der Waals surface area contributed by atoms with Gasteiger partial charge in [0, 0.05) is 51.0 Å². The molecule has 3 rings (SSSR count). The second-order valence-corrected chi connectivity index (χ2v) is 5.81. The summed E-state index contributed by atoms with van der Waals surface area (Å²) in [6, 6.07) is 10.6. The van der Waals surface area contributed by atoms with Crippen molar-refractivity contribution in [2.75, 3.05) is 51.2 Å². The highest BCUT2D eigenvalue weighted by Gasteiger charge is 2.19. The van der Waals surface area contributed by atoms with Crippen LogP contribution in [0.15, 0.2) is 42.6 Å². The molecule has 0 saturated carbocycles. The minimum Gasteiger partial charge on any atom is -0.367 e. The van der Waals surface area contributed by atoms with Crippen molar-refractivity contribution in [2.45, 2.75) is 0 Å². The molecular formula is C18H23FN4. The molecule has 0 amide bonds. The Hall–Kier alpha value is -1.98. The number of aromatic nitrogens is 1. The average molecular weight is 314 g/mol. The summed E-state index contributed by atoms with van der Waals surface area (Å²) in [5.41, 5.74) is 3.02. The van der Waals surface area contributed by atoms with Gasteiger partial charge in [-0.25, -0.2) is 4.39 Å². The Labute approximate surface area is 136 Å². The van der Waals surface area contributed by atoms with E-state index in [1.54, 1.807) is 18.3 Å². The second kappa shape index (κ2) is 7.53. The van der Waals surface area contributed by atoms with Crippen molar-refractivity contribution in [1.82, 2.24) is 15.2 Å². The summed E-state index contributed by atoms with van der Waals surface area (Å²) in [4.78, 5) is 9.38. The standard InChI is InChI=1S/C18H23FN4/c1-20-9-10-22-11-13-23(14-12-22)17-3-2-8-21-18(17)15-4-6-16(19)7-5-15/h2-8,20H,9-14H2,1H3. The number of anilines is 1. The van der Waals surface area contributed by atoms with E-state index in [0.29, 0.717) is 0 Å². The number of benzene rings is 1. The molecule has 0 radical (unpaired) electrons. The molecule has 2 heterocycles. The van der Waals surface area contributed by atoms with Crippen LogP contribution < -0.4 is 10.2 Å². The number of piperazine rings is 1. The maximum Gasteiger partial charge on any atom is 0.123 e. The minimum atomic E-state index is -0.218. The van der Waals surface area contributed by atoms with E-state index in [1.165, 1.54) is 12.1 Å². The molecule has 122 valence electrons. The minimum absolute atomic E-state index is 0.218. The lowest BCUT2D eigenvalue weighted by molar-refractivity contribution is 0.260. The SMILES string of the molecule is CNCCN1CCN(c2cccnc2-c2ccc(F)cc2)CC1. The fourth-order valence-electron chi connectivity index (χ4n) is 2.96. The van der Waals surface area contributed by atoms with Gasteiger partial charge in [-0.15, -0.1) is 0 Å².